The van der Waals surface area contributed by atoms with Crippen molar-refractivity contribution in [1.82, 2.24) is 0 Å². The maximum Gasteiger partial charge on any atom is 0.0355 e. The molecular formula is C18H11BrS. The van der Waals surface area contributed by atoms with Gasteiger partial charge in [-0.1, -0.05) is 52.3 Å². The molecule has 0 aliphatic heterocycles. The summed E-state index contributed by atoms with van der Waals surface area (Å²) in [6.07, 6.45) is 0. The van der Waals surface area contributed by atoms with Crippen molar-refractivity contribution in [1.29, 1.82) is 0 Å². The highest BCUT2D eigenvalue weighted by Gasteiger charge is 2.05. The van der Waals surface area contributed by atoms with Gasteiger partial charge in [0.2, 0.25) is 0 Å². The first-order valence-corrected chi connectivity index (χ1v) is 8.09. The lowest BCUT2D eigenvalue weighted by Gasteiger charge is -1.96. The van der Waals surface area contributed by atoms with Crippen LogP contribution in [0.25, 0.3) is 31.3 Å². The van der Waals surface area contributed by atoms with E-state index in [1.54, 1.807) is 0 Å². The van der Waals surface area contributed by atoms with Crippen LogP contribution in [0, 0.1) is 0 Å². The first-order valence-electron chi connectivity index (χ1n) is 6.48. The molecule has 0 aliphatic rings. The summed E-state index contributed by atoms with van der Waals surface area (Å²) in [5, 5.41) is 3.94. The van der Waals surface area contributed by atoms with Crippen molar-refractivity contribution in [2.45, 2.75) is 0 Å². The van der Waals surface area contributed by atoms with E-state index in [4.69, 9.17) is 0 Å². The van der Waals surface area contributed by atoms with Crippen LogP contribution in [-0.4, -0.2) is 0 Å². The number of rotatable bonds is 1. The van der Waals surface area contributed by atoms with Gasteiger partial charge in [0.05, 0.1) is 0 Å². The second-order valence-corrected chi connectivity index (χ2v) is 6.85. The summed E-state index contributed by atoms with van der Waals surface area (Å²) < 4.78 is 2.47. The molecule has 0 amide bonds. The van der Waals surface area contributed by atoms with E-state index in [1.807, 2.05) is 11.3 Å². The molecule has 0 spiro atoms. The van der Waals surface area contributed by atoms with Crippen LogP contribution >= 0.6 is 27.3 Å². The van der Waals surface area contributed by atoms with E-state index in [-0.39, 0.29) is 0 Å². The van der Waals surface area contributed by atoms with Crippen LogP contribution in [0.4, 0.5) is 0 Å². The quantitative estimate of drug-likeness (QED) is 0.372. The molecule has 0 atom stereocenters. The third-order valence-corrected chi connectivity index (χ3v) is 5.19. The summed E-state index contributed by atoms with van der Waals surface area (Å²) in [4.78, 5) is 1.32. The fourth-order valence-corrected chi connectivity index (χ4v) is 3.85. The van der Waals surface area contributed by atoms with Crippen LogP contribution in [0.5, 0.6) is 0 Å². The Morgan fingerprint density at radius 2 is 1.40 bits per heavy atom. The Labute approximate surface area is 129 Å². The molecule has 0 aliphatic carbocycles. The van der Waals surface area contributed by atoms with E-state index in [9.17, 15) is 0 Å². The molecule has 0 saturated carbocycles. The lowest BCUT2D eigenvalue weighted by atomic mass is 10.1. The van der Waals surface area contributed by atoms with Crippen molar-refractivity contribution in [3.8, 4) is 10.4 Å². The molecule has 3 aromatic carbocycles. The smallest absolute Gasteiger partial charge is 0.0355 e. The lowest BCUT2D eigenvalue weighted by molar-refractivity contribution is 1.65. The number of thiophene rings is 1. The van der Waals surface area contributed by atoms with Gasteiger partial charge in [0.25, 0.3) is 0 Å². The molecule has 0 unspecified atom stereocenters. The summed E-state index contributed by atoms with van der Waals surface area (Å²) in [5.41, 5.74) is 1.28. The fraction of sp³-hybridized carbons (Fsp3) is 0. The Bertz CT molecular complexity index is 851. The normalized spacial score (nSPS) is 11.2. The van der Waals surface area contributed by atoms with Crippen molar-refractivity contribution in [3.05, 3.63) is 71.2 Å². The third kappa shape index (κ3) is 2.05. The summed E-state index contributed by atoms with van der Waals surface area (Å²) in [5.74, 6) is 0. The molecule has 2 heteroatoms. The Morgan fingerprint density at radius 1 is 0.700 bits per heavy atom. The summed E-state index contributed by atoms with van der Waals surface area (Å²) in [7, 11) is 0. The number of hydrogen-bond donors (Lipinski definition) is 0. The van der Waals surface area contributed by atoms with Gasteiger partial charge in [-0.15, -0.1) is 11.3 Å². The van der Waals surface area contributed by atoms with Gasteiger partial charge < -0.3 is 0 Å². The lowest BCUT2D eigenvalue weighted by Crippen LogP contribution is -1.70. The minimum absolute atomic E-state index is 1.12. The van der Waals surface area contributed by atoms with E-state index in [0.29, 0.717) is 0 Å². The van der Waals surface area contributed by atoms with Crippen LogP contribution in [0.3, 0.4) is 0 Å². The molecule has 1 aromatic heterocycles. The minimum atomic E-state index is 1.12. The van der Waals surface area contributed by atoms with Gasteiger partial charge in [-0.2, -0.15) is 0 Å². The Kier molecular flexibility index (Phi) is 2.86. The van der Waals surface area contributed by atoms with Crippen molar-refractivity contribution in [2.75, 3.05) is 0 Å². The fourth-order valence-electron chi connectivity index (χ4n) is 2.48. The van der Waals surface area contributed by atoms with E-state index in [1.165, 1.54) is 31.3 Å². The monoisotopic (exact) mass is 338 g/mol. The molecule has 0 fully saturated rings. The highest BCUT2D eigenvalue weighted by atomic mass is 79.9. The second kappa shape index (κ2) is 4.72. The largest absolute Gasteiger partial charge is 0.135 e. The van der Waals surface area contributed by atoms with Crippen LogP contribution in [0.15, 0.2) is 71.2 Å². The number of hydrogen-bond acceptors (Lipinski definition) is 1. The predicted octanol–water partition coefficient (Wildman–Crippen LogP) is 6.48. The second-order valence-electron chi connectivity index (χ2n) is 4.85. The Balaban J connectivity index is 1.93. The van der Waals surface area contributed by atoms with E-state index in [2.05, 4.69) is 82.7 Å². The zero-order valence-corrected chi connectivity index (χ0v) is 13.0. The van der Waals surface area contributed by atoms with Gasteiger partial charge in [-0.05, 0) is 52.1 Å². The Morgan fingerprint density at radius 3 is 2.15 bits per heavy atom. The topological polar surface area (TPSA) is 0 Å². The molecule has 0 bridgehead atoms. The molecule has 0 saturated heterocycles. The maximum atomic E-state index is 3.49. The number of benzene rings is 3. The van der Waals surface area contributed by atoms with Crippen molar-refractivity contribution < 1.29 is 0 Å². The third-order valence-electron chi connectivity index (χ3n) is 3.51. The number of fused-ring (bicyclic) bond motifs is 2. The van der Waals surface area contributed by atoms with E-state index in [0.717, 1.165) is 4.47 Å². The average molecular weight is 339 g/mol. The average Bonchev–Trinajstić information content (AvgIpc) is 2.88. The molecular weight excluding hydrogens is 328 g/mol. The zero-order valence-electron chi connectivity index (χ0n) is 10.6. The van der Waals surface area contributed by atoms with Gasteiger partial charge in [-0.25, -0.2) is 0 Å². The SMILES string of the molecule is Brc1ccc(-c2cc3cc4ccccc4cc3s2)cc1. The summed E-state index contributed by atoms with van der Waals surface area (Å²) >= 11 is 5.34. The zero-order chi connectivity index (χ0) is 13.5. The molecule has 96 valence electrons. The molecule has 0 radical (unpaired) electrons. The van der Waals surface area contributed by atoms with Crippen molar-refractivity contribution in [3.63, 3.8) is 0 Å². The summed E-state index contributed by atoms with van der Waals surface area (Å²) in [6.45, 7) is 0. The van der Waals surface area contributed by atoms with E-state index < -0.39 is 0 Å². The molecule has 0 nitrogen and oxygen atoms in total. The van der Waals surface area contributed by atoms with Gasteiger partial charge in [0, 0.05) is 14.0 Å². The Hall–Kier alpha value is -1.64. The van der Waals surface area contributed by atoms with Crippen molar-refractivity contribution >= 4 is 48.1 Å². The van der Waals surface area contributed by atoms with Gasteiger partial charge in [-0.3, -0.25) is 0 Å². The summed E-state index contributed by atoms with van der Waals surface area (Å²) in [6, 6.07) is 23.9. The molecule has 4 aromatic rings. The van der Waals surface area contributed by atoms with Crippen LogP contribution in [0.1, 0.15) is 0 Å². The molecule has 20 heavy (non-hydrogen) atoms. The molecule has 4 rings (SSSR count). The predicted molar refractivity (Wildman–Crippen MR) is 92.5 cm³/mol. The molecule has 1 heterocycles. The minimum Gasteiger partial charge on any atom is -0.135 e. The van der Waals surface area contributed by atoms with Gasteiger partial charge in [0.15, 0.2) is 0 Å². The molecule has 0 N–H and O–H groups in total. The first kappa shape index (κ1) is 12.1. The first-order chi connectivity index (χ1) is 9.79. The number of halogens is 1. The van der Waals surface area contributed by atoms with E-state index >= 15 is 0 Å². The highest BCUT2D eigenvalue weighted by molar-refractivity contribution is 9.10. The standard InChI is InChI=1S/C18H11BrS/c19-16-7-5-12(6-8-16)17-11-15-9-13-3-1-2-4-14(13)10-18(15)20-17/h1-11H. The maximum absolute atomic E-state index is 3.49. The van der Waals surface area contributed by atoms with Crippen LogP contribution in [-0.2, 0) is 0 Å². The van der Waals surface area contributed by atoms with Crippen LogP contribution < -0.4 is 0 Å². The van der Waals surface area contributed by atoms with Gasteiger partial charge >= 0.3 is 0 Å². The van der Waals surface area contributed by atoms with Gasteiger partial charge in [0.1, 0.15) is 0 Å². The highest BCUT2D eigenvalue weighted by Crippen LogP contribution is 2.36. The van der Waals surface area contributed by atoms with Crippen LogP contribution in [0.2, 0.25) is 0 Å². The van der Waals surface area contributed by atoms with Crippen molar-refractivity contribution in [2.24, 2.45) is 0 Å².